The monoisotopic (exact) mass is 498 g/mol. The number of hydrogen-bond donors (Lipinski definition) is 2. The number of allylic oxidation sites excluding steroid dienone is 2. The molecule has 1 aromatic carbocycles. The number of halogens is 1. The van der Waals surface area contributed by atoms with Crippen molar-refractivity contribution in [1.29, 1.82) is 0 Å². The number of carbonyl (C=O) groups excluding carboxylic acids is 1. The van der Waals surface area contributed by atoms with Crippen molar-refractivity contribution in [2.45, 2.75) is 19.1 Å². The number of morpholine rings is 1. The van der Waals surface area contributed by atoms with Gasteiger partial charge in [0.1, 0.15) is 12.4 Å². The second kappa shape index (κ2) is 9.02. The average Bonchev–Trinajstić information content (AvgIpc) is 3.26. The van der Waals surface area contributed by atoms with E-state index in [0.29, 0.717) is 39.4 Å². The number of rotatable bonds is 1. The number of benzene rings is 1. The van der Waals surface area contributed by atoms with Gasteiger partial charge in [-0.1, -0.05) is 42.0 Å². The first-order chi connectivity index (χ1) is 16.6. The van der Waals surface area contributed by atoms with E-state index in [1.807, 2.05) is 28.0 Å². The van der Waals surface area contributed by atoms with Gasteiger partial charge in [0.05, 0.1) is 44.1 Å². The Balaban J connectivity index is 1.50. The number of nitrogens with one attached hydrogen (secondary N) is 2. The number of nitrogens with zero attached hydrogens (tertiary/aromatic N) is 3. The Hall–Kier alpha value is -2.36. The summed E-state index contributed by atoms with van der Waals surface area (Å²) in [7, 11) is -0.110. The number of ether oxygens (including phenoxy) is 1. The Morgan fingerprint density at radius 2 is 2.03 bits per heavy atom. The molecule has 6 rings (SSSR count). The fourth-order valence-corrected chi connectivity index (χ4v) is 7.79. The molecule has 178 valence electrons. The molecule has 4 aliphatic rings. The number of urea groups is 1. The molecular formula is C25H29ClN5O2S+. The molecule has 34 heavy (non-hydrogen) atoms. The summed E-state index contributed by atoms with van der Waals surface area (Å²) in [6.07, 6.45) is 10.0. The first kappa shape index (κ1) is 22.1. The van der Waals surface area contributed by atoms with Crippen molar-refractivity contribution in [1.82, 2.24) is 20.7 Å². The molecule has 0 spiro atoms. The van der Waals surface area contributed by atoms with Gasteiger partial charge in [0.15, 0.2) is 4.88 Å². The lowest BCUT2D eigenvalue weighted by Crippen LogP contribution is -2.52. The SMILES string of the molecule is C[s+]1c2c(c3c1N1CNNC1CN(C(=O)N1CCOCC1)C3)C(c1ccccc1Cl)=CCC=C2. The fourth-order valence-electron chi connectivity index (χ4n) is 5.42. The first-order valence-corrected chi connectivity index (χ1v) is 13.8. The van der Waals surface area contributed by atoms with Gasteiger partial charge in [0, 0.05) is 34.1 Å². The summed E-state index contributed by atoms with van der Waals surface area (Å²) < 4.78 is 5.49. The summed E-state index contributed by atoms with van der Waals surface area (Å²) in [5.41, 5.74) is 11.4. The lowest BCUT2D eigenvalue weighted by Gasteiger charge is -2.33. The predicted molar refractivity (Wildman–Crippen MR) is 138 cm³/mol. The average molecular weight is 499 g/mol. The molecule has 2 aromatic rings. The van der Waals surface area contributed by atoms with Gasteiger partial charge >= 0.3 is 6.03 Å². The van der Waals surface area contributed by atoms with Crippen molar-refractivity contribution in [3.63, 3.8) is 0 Å². The van der Waals surface area contributed by atoms with Crippen LogP contribution in [0.5, 0.6) is 0 Å². The standard InChI is InChI=1S/C25H29ClN5O2S/c1-34-21-9-5-3-7-18(17-6-2-4-8-20(17)26)23(21)19-14-30(25(32)29-10-12-33-13-11-29)15-22-28-27-16-31(22)24(19)34/h2,4-9,22,27-28H,3,10-16H2,1H3/q+1. The van der Waals surface area contributed by atoms with E-state index in [0.717, 1.165) is 23.7 Å². The summed E-state index contributed by atoms with van der Waals surface area (Å²) in [6.45, 7) is 4.40. The highest BCUT2D eigenvalue weighted by molar-refractivity contribution is 7.34. The lowest BCUT2D eigenvalue weighted by atomic mass is 9.94. The third kappa shape index (κ3) is 3.65. The van der Waals surface area contributed by atoms with Crippen molar-refractivity contribution in [2.24, 2.45) is 6.26 Å². The number of fused-ring (bicyclic) bond motifs is 5. The largest absolute Gasteiger partial charge is 0.378 e. The topological polar surface area (TPSA) is 60.1 Å². The Morgan fingerprint density at radius 3 is 2.85 bits per heavy atom. The maximum absolute atomic E-state index is 13.6. The zero-order chi connectivity index (χ0) is 23.2. The van der Waals surface area contributed by atoms with E-state index < -0.39 is 0 Å². The quantitative estimate of drug-likeness (QED) is 0.583. The number of carbonyl (C=O) groups is 1. The van der Waals surface area contributed by atoms with E-state index in [1.54, 1.807) is 0 Å². The minimum Gasteiger partial charge on any atom is -0.378 e. The molecular weight excluding hydrogens is 470 g/mol. The number of anilines is 1. The molecule has 9 heteroatoms. The molecule has 2 unspecified atom stereocenters. The van der Waals surface area contributed by atoms with E-state index in [9.17, 15) is 4.79 Å². The minimum atomic E-state index is -0.110. The van der Waals surface area contributed by atoms with Crippen LogP contribution in [0.1, 0.15) is 28.0 Å². The second-order valence-electron chi connectivity index (χ2n) is 9.00. The highest BCUT2D eigenvalue weighted by Crippen LogP contribution is 2.51. The van der Waals surface area contributed by atoms with Gasteiger partial charge in [-0.2, -0.15) is 0 Å². The molecule has 2 amide bonds. The van der Waals surface area contributed by atoms with E-state index >= 15 is 0 Å². The number of thiophene rings is 1. The van der Waals surface area contributed by atoms with Crippen molar-refractivity contribution in [3.05, 3.63) is 63.0 Å². The molecule has 1 aliphatic carbocycles. The van der Waals surface area contributed by atoms with Gasteiger partial charge in [-0.15, -0.1) is 0 Å². The third-order valence-electron chi connectivity index (χ3n) is 7.04. The van der Waals surface area contributed by atoms with Crippen molar-refractivity contribution in [2.75, 3.05) is 44.4 Å². The summed E-state index contributed by atoms with van der Waals surface area (Å²) in [6, 6.07) is 8.16. The Morgan fingerprint density at radius 1 is 1.21 bits per heavy atom. The number of amides is 2. The summed E-state index contributed by atoms with van der Waals surface area (Å²) >= 11 is 6.70. The second-order valence-corrected chi connectivity index (χ2v) is 11.3. The molecule has 2 fully saturated rings. The van der Waals surface area contributed by atoms with Crippen LogP contribution in [0.2, 0.25) is 5.02 Å². The Kier molecular flexibility index (Phi) is 5.87. The zero-order valence-corrected chi connectivity index (χ0v) is 20.8. The van der Waals surface area contributed by atoms with Crippen LogP contribution in [0.15, 0.2) is 36.4 Å². The van der Waals surface area contributed by atoms with Crippen LogP contribution < -0.4 is 15.8 Å². The number of hydrogen-bond acceptors (Lipinski definition) is 5. The van der Waals surface area contributed by atoms with Crippen LogP contribution >= 0.6 is 22.1 Å². The fraction of sp³-hybridized carbons (Fsp3) is 0.400. The predicted octanol–water partition coefficient (Wildman–Crippen LogP) is 3.94. The molecule has 2 atom stereocenters. The molecule has 1 aromatic heterocycles. The smallest absolute Gasteiger partial charge is 0.320 e. The van der Waals surface area contributed by atoms with Gasteiger partial charge in [0.2, 0.25) is 0 Å². The Bertz CT molecular complexity index is 1190. The van der Waals surface area contributed by atoms with Gasteiger partial charge in [-0.25, -0.2) is 15.6 Å². The molecule has 0 bridgehead atoms. The van der Waals surface area contributed by atoms with Crippen LogP contribution in [0.4, 0.5) is 9.80 Å². The van der Waals surface area contributed by atoms with Gasteiger partial charge in [-0.05, 0) is 24.1 Å². The lowest BCUT2D eigenvalue weighted by molar-refractivity contribution is 0.0421. The van der Waals surface area contributed by atoms with Crippen LogP contribution in [-0.4, -0.2) is 61.5 Å². The molecule has 4 heterocycles. The summed E-state index contributed by atoms with van der Waals surface area (Å²) in [5.74, 6) is 0. The van der Waals surface area contributed by atoms with E-state index in [-0.39, 0.29) is 22.7 Å². The first-order valence-electron chi connectivity index (χ1n) is 11.8. The third-order valence-corrected chi connectivity index (χ3v) is 9.43. The van der Waals surface area contributed by atoms with Crippen molar-refractivity contribution in [3.8, 4) is 0 Å². The van der Waals surface area contributed by atoms with Crippen molar-refractivity contribution >= 4 is 44.8 Å². The molecule has 2 saturated heterocycles. The molecule has 0 saturated carbocycles. The van der Waals surface area contributed by atoms with E-state index in [1.165, 1.54) is 26.6 Å². The Labute approximate surface area is 207 Å². The maximum atomic E-state index is 13.6. The normalized spacial score (nSPS) is 22.5. The van der Waals surface area contributed by atoms with Crippen LogP contribution in [-0.2, 0) is 17.5 Å². The van der Waals surface area contributed by atoms with Crippen molar-refractivity contribution < 1.29 is 9.53 Å². The molecule has 7 nitrogen and oxygen atoms in total. The summed E-state index contributed by atoms with van der Waals surface area (Å²) in [5, 5.41) is 2.08. The highest BCUT2D eigenvalue weighted by atomic mass is 35.5. The maximum Gasteiger partial charge on any atom is 0.320 e. The van der Waals surface area contributed by atoms with E-state index in [4.69, 9.17) is 16.3 Å². The van der Waals surface area contributed by atoms with Crippen LogP contribution in [0.25, 0.3) is 11.6 Å². The number of hydrazine groups is 1. The van der Waals surface area contributed by atoms with Gasteiger partial charge in [-0.3, -0.25) is 4.90 Å². The van der Waals surface area contributed by atoms with Crippen LogP contribution in [0.3, 0.4) is 0 Å². The molecule has 0 radical (unpaired) electrons. The van der Waals surface area contributed by atoms with E-state index in [2.05, 4.69) is 46.3 Å². The molecule has 2 N–H and O–H groups in total. The highest BCUT2D eigenvalue weighted by Gasteiger charge is 2.44. The van der Waals surface area contributed by atoms with Crippen LogP contribution in [0, 0.1) is 0 Å². The van der Waals surface area contributed by atoms with Gasteiger partial charge in [0.25, 0.3) is 5.00 Å². The summed E-state index contributed by atoms with van der Waals surface area (Å²) in [4.78, 5) is 21.3. The minimum absolute atomic E-state index is 0.0349. The zero-order valence-electron chi connectivity index (χ0n) is 19.2. The van der Waals surface area contributed by atoms with Gasteiger partial charge < -0.3 is 14.5 Å². The molecule has 3 aliphatic heterocycles.